The van der Waals surface area contributed by atoms with Crippen molar-refractivity contribution in [3.05, 3.63) is 23.8 Å². The Morgan fingerprint density at radius 1 is 1.22 bits per heavy atom. The molecule has 0 spiro atoms. The second-order valence-electron chi connectivity index (χ2n) is 5.11. The highest BCUT2D eigenvalue weighted by Crippen LogP contribution is 2.28. The minimum Gasteiger partial charge on any atom is -0.323 e. The number of thiazole rings is 1. The van der Waals surface area contributed by atoms with Crippen molar-refractivity contribution in [2.75, 3.05) is 43.4 Å². The third kappa shape index (κ3) is 5.05. The standard InChI is InChI=1S/C12H15N3O2S3.C2H7N/c1-9-2-3-10-11(8-9)19-12(13-10)14-20(16,17)15-4-6-18-7-5-15;1-3-2/h2-3,8H,4-7H2,1H3,(H,13,14);3H,1-2H3. The molecule has 0 unspecified atom stereocenters. The lowest BCUT2D eigenvalue weighted by molar-refractivity contribution is 0.448. The molecule has 0 saturated carbocycles. The van der Waals surface area contributed by atoms with Crippen LogP contribution in [0.15, 0.2) is 18.2 Å². The lowest BCUT2D eigenvalue weighted by Crippen LogP contribution is -2.41. The van der Waals surface area contributed by atoms with Crippen molar-refractivity contribution in [2.24, 2.45) is 0 Å². The summed E-state index contributed by atoms with van der Waals surface area (Å²) >= 11 is 3.15. The SMILES string of the molecule is CNC.Cc1ccc2nc(NS(=O)(=O)N3CCSCC3)sc2c1. The zero-order chi connectivity index (χ0) is 16.9. The molecule has 0 radical (unpaired) electrons. The van der Waals surface area contributed by atoms with Gasteiger partial charge in [0.25, 0.3) is 0 Å². The Kier molecular flexibility index (Phi) is 6.66. The van der Waals surface area contributed by atoms with Gasteiger partial charge in [-0.15, -0.1) is 0 Å². The first-order valence-electron chi connectivity index (χ1n) is 7.27. The van der Waals surface area contributed by atoms with E-state index >= 15 is 0 Å². The number of anilines is 1. The van der Waals surface area contributed by atoms with Gasteiger partial charge in [0, 0.05) is 24.6 Å². The number of nitrogens with zero attached hydrogens (tertiary/aromatic N) is 2. The van der Waals surface area contributed by atoms with Crippen molar-refractivity contribution in [3.8, 4) is 0 Å². The normalized spacial score (nSPS) is 16.0. The van der Waals surface area contributed by atoms with E-state index in [4.69, 9.17) is 0 Å². The number of hydrogen-bond acceptors (Lipinski definition) is 6. The highest BCUT2D eigenvalue weighted by atomic mass is 32.2. The quantitative estimate of drug-likeness (QED) is 0.861. The predicted octanol–water partition coefficient (Wildman–Crippen LogP) is 2.15. The molecular weight excluding hydrogens is 352 g/mol. The summed E-state index contributed by atoms with van der Waals surface area (Å²) in [6, 6.07) is 5.90. The molecule has 1 fully saturated rings. The van der Waals surface area contributed by atoms with Gasteiger partial charge >= 0.3 is 10.2 Å². The van der Waals surface area contributed by atoms with Crippen molar-refractivity contribution in [3.63, 3.8) is 0 Å². The molecule has 2 aromatic rings. The first-order chi connectivity index (χ1) is 11.0. The monoisotopic (exact) mass is 374 g/mol. The third-order valence-electron chi connectivity index (χ3n) is 3.07. The molecule has 2 heterocycles. The number of thioether (sulfide) groups is 1. The molecule has 23 heavy (non-hydrogen) atoms. The van der Waals surface area contributed by atoms with Gasteiger partial charge in [-0.2, -0.15) is 24.5 Å². The van der Waals surface area contributed by atoms with Crippen molar-refractivity contribution in [1.29, 1.82) is 0 Å². The molecule has 1 aromatic carbocycles. The maximum Gasteiger partial charge on any atom is 0.303 e. The number of benzene rings is 1. The largest absolute Gasteiger partial charge is 0.323 e. The van der Waals surface area contributed by atoms with Crippen LogP contribution in [0.3, 0.4) is 0 Å². The zero-order valence-electron chi connectivity index (χ0n) is 13.5. The lowest BCUT2D eigenvalue weighted by Gasteiger charge is -2.25. The van der Waals surface area contributed by atoms with Crippen LogP contribution >= 0.6 is 23.1 Å². The van der Waals surface area contributed by atoms with Crippen molar-refractivity contribution in [2.45, 2.75) is 6.92 Å². The first-order valence-corrected chi connectivity index (χ1v) is 10.7. The molecule has 2 N–H and O–H groups in total. The number of aryl methyl sites for hydroxylation is 1. The van der Waals surface area contributed by atoms with Gasteiger partial charge in [-0.05, 0) is 38.7 Å². The van der Waals surface area contributed by atoms with Crippen molar-refractivity contribution in [1.82, 2.24) is 14.6 Å². The summed E-state index contributed by atoms with van der Waals surface area (Å²) in [4.78, 5) is 4.33. The van der Waals surface area contributed by atoms with E-state index in [2.05, 4.69) is 15.0 Å². The number of hydrogen-bond donors (Lipinski definition) is 2. The fourth-order valence-electron chi connectivity index (χ4n) is 2.04. The molecular formula is C14H22N4O2S3. The Hall–Kier alpha value is -0.870. The molecule has 0 atom stereocenters. The molecule has 1 aliphatic rings. The van der Waals surface area contributed by atoms with Gasteiger partial charge in [-0.25, -0.2) is 9.71 Å². The highest BCUT2D eigenvalue weighted by molar-refractivity contribution is 7.99. The van der Waals surface area contributed by atoms with E-state index in [0.717, 1.165) is 27.3 Å². The van der Waals surface area contributed by atoms with Crippen LogP contribution in [0.5, 0.6) is 0 Å². The molecule has 1 aromatic heterocycles. The van der Waals surface area contributed by atoms with Gasteiger partial charge < -0.3 is 5.32 Å². The summed E-state index contributed by atoms with van der Waals surface area (Å²) < 4.78 is 29.6. The fourth-order valence-corrected chi connectivity index (χ4v) is 5.53. The number of aromatic nitrogens is 1. The Balaban J connectivity index is 0.000000595. The molecule has 1 saturated heterocycles. The average Bonchev–Trinajstić information content (AvgIpc) is 2.89. The Bertz CT molecular complexity index is 740. The first kappa shape index (κ1) is 18.5. The van der Waals surface area contributed by atoms with Crippen LogP contribution in [0.1, 0.15) is 5.56 Å². The molecule has 6 nitrogen and oxygen atoms in total. The Morgan fingerprint density at radius 2 is 1.87 bits per heavy atom. The van der Waals surface area contributed by atoms with Gasteiger partial charge in [0.1, 0.15) is 0 Å². The Labute approximate surface area is 145 Å². The van der Waals surface area contributed by atoms with E-state index in [1.807, 2.05) is 39.2 Å². The Morgan fingerprint density at radius 3 is 2.52 bits per heavy atom. The number of nitrogens with one attached hydrogen (secondary N) is 2. The van der Waals surface area contributed by atoms with Gasteiger partial charge in [0.2, 0.25) is 0 Å². The molecule has 0 amide bonds. The summed E-state index contributed by atoms with van der Waals surface area (Å²) in [5.41, 5.74) is 1.97. The molecule has 0 aliphatic carbocycles. The van der Waals surface area contributed by atoms with Crippen LogP contribution < -0.4 is 10.0 Å². The van der Waals surface area contributed by atoms with E-state index in [1.54, 1.807) is 11.8 Å². The van der Waals surface area contributed by atoms with Gasteiger partial charge in [-0.1, -0.05) is 17.4 Å². The molecule has 9 heteroatoms. The average molecular weight is 375 g/mol. The topological polar surface area (TPSA) is 74.3 Å². The summed E-state index contributed by atoms with van der Waals surface area (Å²) in [6.45, 7) is 3.13. The minimum atomic E-state index is -3.48. The van der Waals surface area contributed by atoms with E-state index in [0.29, 0.717) is 18.2 Å². The molecule has 0 bridgehead atoms. The van der Waals surface area contributed by atoms with Crippen LogP contribution in [0.4, 0.5) is 5.13 Å². The van der Waals surface area contributed by atoms with Crippen LogP contribution in [0.2, 0.25) is 0 Å². The van der Waals surface area contributed by atoms with Gasteiger partial charge in [0.15, 0.2) is 5.13 Å². The number of rotatable bonds is 3. The van der Waals surface area contributed by atoms with Crippen molar-refractivity contribution < 1.29 is 8.42 Å². The highest BCUT2D eigenvalue weighted by Gasteiger charge is 2.25. The van der Waals surface area contributed by atoms with Crippen molar-refractivity contribution >= 4 is 48.7 Å². The van der Waals surface area contributed by atoms with E-state index in [9.17, 15) is 8.42 Å². The fraction of sp³-hybridized carbons (Fsp3) is 0.500. The number of fused-ring (bicyclic) bond motifs is 1. The summed E-state index contributed by atoms with van der Waals surface area (Å²) in [5.74, 6) is 1.69. The lowest BCUT2D eigenvalue weighted by atomic mass is 10.2. The van der Waals surface area contributed by atoms with E-state index in [1.165, 1.54) is 15.6 Å². The van der Waals surface area contributed by atoms with Gasteiger partial charge in [-0.3, -0.25) is 0 Å². The van der Waals surface area contributed by atoms with Crippen LogP contribution in [-0.4, -0.2) is 56.4 Å². The maximum atomic E-state index is 12.3. The third-order valence-corrected chi connectivity index (χ3v) is 6.57. The smallest absolute Gasteiger partial charge is 0.303 e. The second kappa shape index (κ2) is 8.29. The zero-order valence-corrected chi connectivity index (χ0v) is 15.9. The molecule has 128 valence electrons. The summed E-state index contributed by atoms with van der Waals surface area (Å²) in [5, 5.41) is 3.18. The predicted molar refractivity (Wildman–Crippen MR) is 101 cm³/mol. The molecule has 3 rings (SSSR count). The van der Waals surface area contributed by atoms with Crippen LogP contribution in [0, 0.1) is 6.92 Å². The minimum absolute atomic E-state index is 0.434. The van der Waals surface area contributed by atoms with E-state index < -0.39 is 10.2 Å². The summed E-state index contributed by atoms with van der Waals surface area (Å²) in [7, 11) is 0.274. The van der Waals surface area contributed by atoms with Gasteiger partial charge in [0.05, 0.1) is 10.2 Å². The summed E-state index contributed by atoms with van der Waals surface area (Å²) in [6.07, 6.45) is 0. The second-order valence-corrected chi connectivity index (χ2v) is 9.03. The maximum absolute atomic E-state index is 12.3. The molecule has 1 aliphatic heterocycles. The van der Waals surface area contributed by atoms with E-state index in [-0.39, 0.29) is 0 Å². The van der Waals surface area contributed by atoms with Crippen LogP contribution in [0.25, 0.3) is 10.2 Å². The van der Waals surface area contributed by atoms with Crippen LogP contribution in [-0.2, 0) is 10.2 Å².